The van der Waals surface area contributed by atoms with E-state index in [0.717, 1.165) is 25.7 Å². The molecule has 2 heteroatoms. The molecule has 0 radical (unpaired) electrons. The lowest BCUT2D eigenvalue weighted by Gasteiger charge is -2.32. The molecule has 0 fully saturated rings. The fourth-order valence-corrected chi connectivity index (χ4v) is 12.2. The summed E-state index contributed by atoms with van der Waals surface area (Å²) in [6.45, 7) is 23.6. The third-order valence-corrected chi connectivity index (χ3v) is 17.0. The molecule has 0 heterocycles. The molecule has 0 bridgehead atoms. The van der Waals surface area contributed by atoms with Crippen molar-refractivity contribution >= 4 is 42.5 Å². The molecule has 0 saturated heterocycles. The van der Waals surface area contributed by atoms with Crippen LogP contribution in [0.1, 0.15) is 113 Å². The summed E-state index contributed by atoms with van der Waals surface area (Å²) in [5, 5.41) is 1.51. The maximum Gasteiger partial charge on any atom is 0.0775 e. The van der Waals surface area contributed by atoms with Gasteiger partial charge in [-0.3, -0.25) is 0 Å². The van der Waals surface area contributed by atoms with Gasteiger partial charge in [-0.2, -0.15) is 0 Å². The predicted molar refractivity (Wildman–Crippen MR) is 277 cm³/mol. The molecule has 0 saturated carbocycles. The first-order valence-electron chi connectivity index (χ1n) is 23.6. The van der Waals surface area contributed by atoms with Crippen LogP contribution in [-0.2, 0) is 16.2 Å². The number of rotatable bonds is 11. The highest BCUT2D eigenvalue weighted by molar-refractivity contribution is 6.88. The zero-order valence-electron chi connectivity index (χ0n) is 39.4. The molecule has 7 aromatic carbocycles. The van der Waals surface area contributed by atoms with Crippen molar-refractivity contribution in [1.82, 2.24) is 0 Å². The van der Waals surface area contributed by atoms with E-state index in [0.29, 0.717) is 0 Å². The van der Waals surface area contributed by atoms with Crippen LogP contribution in [0, 0.1) is 0 Å². The van der Waals surface area contributed by atoms with Crippen LogP contribution in [0.4, 0.5) is 17.1 Å². The molecule has 2 aliphatic rings. The van der Waals surface area contributed by atoms with Crippen LogP contribution in [0.5, 0.6) is 0 Å². The highest BCUT2D eigenvalue weighted by Crippen LogP contribution is 2.56. The van der Waals surface area contributed by atoms with E-state index < -0.39 is 8.07 Å². The van der Waals surface area contributed by atoms with Crippen molar-refractivity contribution in [3.05, 3.63) is 191 Å². The van der Waals surface area contributed by atoms with Gasteiger partial charge >= 0.3 is 0 Å². The van der Waals surface area contributed by atoms with Gasteiger partial charge in [-0.1, -0.05) is 195 Å². The highest BCUT2D eigenvalue weighted by Gasteiger charge is 2.42. The summed E-state index contributed by atoms with van der Waals surface area (Å²) >= 11 is 0. The number of hydrogen-bond acceptors (Lipinski definition) is 1. The van der Waals surface area contributed by atoms with Gasteiger partial charge in [0.2, 0.25) is 0 Å². The fourth-order valence-electron chi connectivity index (χ4n) is 11.1. The Morgan fingerprint density at radius 2 is 0.873 bits per heavy atom. The van der Waals surface area contributed by atoms with E-state index in [1.54, 1.807) is 0 Å². The van der Waals surface area contributed by atoms with Crippen LogP contribution in [0.2, 0.25) is 19.6 Å². The molecule has 0 spiro atoms. The van der Waals surface area contributed by atoms with E-state index in [2.05, 4.69) is 237 Å². The summed E-state index contributed by atoms with van der Waals surface area (Å²) in [4.78, 5) is 2.42. The fraction of sp³-hybridized carbons (Fsp3) is 0.279. The Morgan fingerprint density at radius 3 is 1.37 bits per heavy atom. The largest absolute Gasteiger partial charge is 0.310 e. The molecular formula is C61H65NSi. The Bertz CT molecular complexity index is 2820. The lowest BCUT2D eigenvalue weighted by atomic mass is 9.73. The molecule has 1 nitrogen and oxygen atoms in total. The Balaban J connectivity index is 1.04. The van der Waals surface area contributed by atoms with Gasteiger partial charge in [-0.05, 0) is 146 Å². The molecule has 63 heavy (non-hydrogen) atoms. The zero-order valence-corrected chi connectivity index (χ0v) is 40.4. The topological polar surface area (TPSA) is 3.24 Å². The SMILES string of the molecule is CCC1(CC)c2cc(/C=C/c3ccc4c(c3)C(CC)(CC)c3cc(N(c5ccccc5)c5ccc(C(C)(C)C)cc5)ccc3-4)ccc2-c2ccc(-c3ccc([Si](C)(C)C)cc3)cc21. The van der Waals surface area contributed by atoms with Crippen LogP contribution >= 0.6 is 0 Å². The van der Waals surface area contributed by atoms with Crippen LogP contribution < -0.4 is 10.1 Å². The Hall–Kier alpha value is -5.70. The molecule has 0 N–H and O–H groups in total. The number of para-hydroxylation sites is 1. The third-order valence-electron chi connectivity index (χ3n) is 15.0. The highest BCUT2D eigenvalue weighted by atomic mass is 28.3. The van der Waals surface area contributed by atoms with Crippen LogP contribution in [0.15, 0.2) is 152 Å². The molecule has 0 aliphatic heterocycles. The van der Waals surface area contributed by atoms with Gasteiger partial charge in [0, 0.05) is 27.9 Å². The van der Waals surface area contributed by atoms with Gasteiger partial charge in [0.1, 0.15) is 0 Å². The quantitative estimate of drug-likeness (QED) is 0.0926. The molecule has 0 unspecified atom stereocenters. The Kier molecular flexibility index (Phi) is 10.9. The van der Waals surface area contributed by atoms with Crippen LogP contribution in [-0.4, -0.2) is 8.07 Å². The molecule has 0 amide bonds. The summed E-state index contributed by atoms with van der Waals surface area (Å²) in [5.41, 5.74) is 21.4. The minimum absolute atomic E-state index is 0.00515. The number of anilines is 3. The number of benzene rings is 7. The minimum Gasteiger partial charge on any atom is -0.310 e. The van der Waals surface area contributed by atoms with Gasteiger partial charge < -0.3 is 4.90 Å². The van der Waals surface area contributed by atoms with Crippen molar-refractivity contribution in [2.45, 2.75) is 110 Å². The summed E-state index contributed by atoms with van der Waals surface area (Å²) in [7, 11) is -1.35. The summed E-state index contributed by atoms with van der Waals surface area (Å²) in [5.74, 6) is 0. The van der Waals surface area contributed by atoms with Gasteiger partial charge in [0.05, 0.1) is 8.07 Å². The summed E-state index contributed by atoms with van der Waals surface area (Å²) in [6, 6.07) is 58.2. The maximum atomic E-state index is 2.50. The molecule has 2 aliphatic carbocycles. The van der Waals surface area contributed by atoms with Crippen molar-refractivity contribution < 1.29 is 0 Å². The average Bonchev–Trinajstić information content (AvgIpc) is 3.73. The van der Waals surface area contributed by atoms with Crippen molar-refractivity contribution in [3.8, 4) is 33.4 Å². The second kappa shape index (κ2) is 16.1. The molecule has 9 rings (SSSR count). The van der Waals surface area contributed by atoms with Crippen LogP contribution in [0.3, 0.4) is 0 Å². The van der Waals surface area contributed by atoms with Gasteiger partial charge in [0.15, 0.2) is 0 Å². The first kappa shape index (κ1) is 42.6. The van der Waals surface area contributed by atoms with Crippen molar-refractivity contribution in [3.63, 3.8) is 0 Å². The van der Waals surface area contributed by atoms with Gasteiger partial charge in [-0.25, -0.2) is 0 Å². The van der Waals surface area contributed by atoms with Crippen molar-refractivity contribution in [1.29, 1.82) is 0 Å². The lowest BCUT2D eigenvalue weighted by Crippen LogP contribution is -2.37. The van der Waals surface area contributed by atoms with Crippen molar-refractivity contribution in [2.24, 2.45) is 0 Å². The first-order valence-corrected chi connectivity index (χ1v) is 27.1. The van der Waals surface area contributed by atoms with E-state index in [1.807, 2.05) is 0 Å². The molecule has 0 aromatic heterocycles. The van der Waals surface area contributed by atoms with E-state index in [4.69, 9.17) is 0 Å². The zero-order chi connectivity index (χ0) is 44.3. The molecule has 7 aromatic rings. The minimum atomic E-state index is -1.35. The predicted octanol–water partition coefficient (Wildman–Crippen LogP) is 17.0. The Morgan fingerprint density at radius 1 is 0.444 bits per heavy atom. The molecule has 318 valence electrons. The third kappa shape index (κ3) is 7.25. The molecule has 0 atom stereocenters. The standard InChI is InChI=1S/C61H65NSi/c1-11-60(12-2)55-38-42(22-34-51(55)53-36-26-45(40-57(53)60)44-24-32-50(33-25-44)63(8,9)10)20-21-43-23-35-52-54-37-31-49(41-58(54)61(13-3,14-4)56(52)39-43)62(47-18-16-15-17-19-47)48-29-27-46(28-30-48)59(5,6)7/h15-41H,11-14H2,1-10H3/b21-20+. The van der Waals surface area contributed by atoms with E-state index >= 15 is 0 Å². The Labute approximate surface area is 379 Å². The average molecular weight is 840 g/mol. The monoisotopic (exact) mass is 839 g/mol. The van der Waals surface area contributed by atoms with Crippen LogP contribution in [0.25, 0.3) is 45.5 Å². The smallest absolute Gasteiger partial charge is 0.0775 e. The van der Waals surface area contributed by atoms with E-state index in [1.165, 1.54) is 94.6 Å². The number of hydrogen-bond donors (Lipinski definition) is 0. The second-order valence-electron chi connectivity index (χ2n) is 20.3. The number of fused-ring (bicyclic) bond motifs is 6. The number of nitrogens with zero attached hydrogens (tertiary/aromatic N) is 1. The van der Waals surface area contributed by atoms with Gasteiger partial charge in [-0.15, -0.1) is 0 Å². The first-order chi connectivity index (χ1) is 30.2. The van der Waals surface area contributed by atoms with Gasteiger partial charge in [0.25, 0.3) is 0 Å². The van der Waals surface area contributed by atoms with E-state index in [-0.39, 0.29) is 16.2 Å². The van der Waals surface area contributed by atoms with Crippen molar-refractivity contribution in [2.75, 3.05) is 4.90 Å². The van der Waals surface area contributed by atoms with E-state index in [9.17, 15) is 0 Å². The lowest BCUT2D eigenvalue weighted by molar-refractivity contribution is 0.490. The second-order valence-corrected chi connectivity index (χ2v) is 25.4. The normalized spacial score (nSPS) is 14.6. The summed E-state index contributed by atoms with van der Waals surface area (Å²) in [6.07, 6.45) is 8.91. The molecular weight excluding hydrogens is 775 g/mol. The summed E-state index contributed by atoms with van der Waals surface area (Å²) < 4.78 is 0. The maximum absolute atomic E-state index is 2.50.